The Balaban J connectivity index is 0.00000361. The molecule has 1 aromatic rings. The predicted octanol–water partition coefficient (Wildman–Crippen LogP) is -2.54. The van der Waals surface area contributed by atoms with E-state index < -0.39 is 11.9 Å². The summed E-state index contributed by atoms with van der Waals surface area (Å²) in [7, 11) is 0. The number of carbonyl (C=O) groups is 2. The summed E-state index contributed by atoms with van der Waals surface area (Å²) >= 11 is 0. The zero-order valence-corrected chi connectivity index (χ0v) is 13.5. The predicted molar refractivity (Wildman–Crippen MR) is 68.2 cm³/mol. The van der Waals surface area contributed by atoms with Gasteiger partial charge in [0.05, 0.1) is 16.9 Å². The molecule has 2 N–H and O–H groups in total. The van der Waals surface area contributed by atoms with Gasteiger partial charge >= 0.3 is 29.6 Å². The van der Waals surface area contributed by atoms with Crippen molar-refractivity contribution in [2.45, 2.75) is 19.8 Å². The monoisotopic (exact) mass is 283 g/mol. The maximum atomic E-state index is 11.0. The molecule has 0 atom stereocenters. The molecule has 0 fully saturated rings. The molecule has 0 aliphatic carbocycles. The quantitative estimate of drug-likeness (QED) is 0.352. The summed E-state index contributed by atoms with van der Waals surface area (Å²) in [6.45, 7) is 2.74. The van der Waals surface area contributed by atoms with Crippen LogP contribution in [0.15, 0.2) is 18.2 Å². The van der Waals surface area contributed by atoms with Gasteiger partial charge in [-0.15, -0.1) is 0 Å². The van der Waals surface area contributed by atoms with Crippen LogP contribution in [0.2, 0.25) is 0 Å². The number of anilines is 2. The summed E-state index contributed by atoms with van der Waals surface area (Å²) in [6, 6.07) is 6.73. The number of hydrogen-bond acceptors (Lipinski definition) is 5. The van der Waals surface area contributed by atoms with E-state index in [-0.39, 0.29) is 40.8 Å². The van der Waals surface area contributed by atoms with Crippen LogP contribution < -0.4 is 45.3 Å². The van der Waals surface area contributed by atoms with E-state index in [9.17, 15) is 14.7 Å². The number of carboxylic acids is 1. The number of nitrogens with one attached hydrogen (secondary N) is 2. The van der Waals surface area contributed by atoms with E-state index >= 15 is 0 Å². The van der Waals surface area contributed by atoms with Crippen LogP contribution in [0, 0.1) is 11.3 Å². The van der Waals surface area contributed by atoms with Crippen LogP contribution in [-0.2, 0) is 9.59 Å². The molecule has 0 unspecified atom stereocenters. The number of carbonyl (C=O) groups excluding carboxylic acids is 2. The summed E-state index contributed by atoms with van der Waals surface area (Å²) in [5.74, 6) is -3.12. The van der Waals surface area contributed by atoms with Crippen LogP contribution in [0.3, 0.4) is 0 Å². The second-order valence-corrected chi connectivity index (χ2v) is 3.86. The van der Waals surface area contributed by atoms with E-state index in [4.69, 9.17) is 5.26 Å². The van der Waals surface area contributed by atoms with Gasteiger partial charge in [-0.2, -0.15) is 5.26 Å². The Labute approximate surface area is 139 Å². The number of aliphatic carboxylic acids is 1. The van der Waals surface area contributed by atoms with E-state index in [0.717, 1.165) is 12.8 Å². The van der Waals surface area contributed by atoms with E-state index in [1.54, 1.807) is 12.1 Å². The van der Waals surface area contributed by atoms with E-state index in [0.29, 0.717) is 12.2 Å². The molecule has 0 saturated carbocycles. The average molecular weight is 283 g/mol. The first-order valence-electron chi connectivity index (χ1n) is 5.89. The summed E-state index contributed by atoms with van der Waals surface area (Å²) in [6.07, 6.45) is 1.95. The Morgan fingerprint density at radius 3 is 2.55 bits per heavy atom. The van der Waals surface area contributed by atoms with Gasteiger partial charge in [0, 0.05) is 6.54 Å². The van der Waals surface area contributed by atoms with Crippen molar-refractivity contribution in [3.05, 3.63) is 23.8 Å². The van der Waals surface area contributed by atoms with Crippen LogP contribution >= 0.6 is 0 Å². The maximum Gasteiger partial charge on any atom is 1.00 e. The summed E-state index contributed by atoms with van der Waals surface area (Å²) in [4.78, 5) is 21.4. The Bertz CT molecular complexity index is 526. The standard InChI is InChI=1S/C13H15N3O3.Na/c1-2-3-7-15-10-5-4-6-11(9(10)8-14)16-12(17)13(18)19;/h4-6,15H,2-3,7H2,1H3,(H,16,17)(H,18,19);/q;+1/p-1. The molecule has 0 radical (unpaired) electrons. The number of benzene rings is 1. The molecule has 20 heavy (non-hydrogen) atoms. The van der Waals surface area contributed by atoms with Gasteiger partial charge in [0.25, 0.3) is 5.91 Å². The molecule has 7 heteroatoms. The van der Waals surface area contributed by atoms with Gasteiger partial charge in [-0.1, -0.05) is 19.4 Å². The van der Waals surface area contributed by atoms with E-state index in [1.165, 1.54) is 6.07 Å². The number of nitrogens with zero attached hydrogens (tertiary/aromatic N) is 1. The molecular weight excluding hydrogens is 269 g/mol. The number of carboxylic acid groups (broad SMARTS) is 1. The Hall–Kier alpha value is -1.55. The number of rotatable bonds is 5. The van der Waals surface area contributed by atoms with Crippen molar-refractivity contribution in [1.29, 1.82) is 5.26 Å². The van der Waals surface area contributed by atoms with Crippen LogP contribution in [0.25, 0.3) is 0 Å². The van der Waals surface area contributed by atoms with Gasteiger partial charge in [-0.05, 0) is 18.6 Å². The smallest absolute Gasteiger partial charge is 0.540 e. The van der Waals surface area contributed by atoms with Crippen LogP contribution in [0.1, 0.15) is 25.3 Å². The first-order chi connectivity index (χ1) is 9.10. The third-order valence-corrected chi connectivity index (χ3v) is 2.46. The minimum absolute atomic E-state index is 0. The van der Waals surface area contributed by atoms with Crippen molar-refractivity contribution in [1.82, 2.24) is 0 Å². The van der Waals surface area contributed by atoms with Gasteiger partial charge in [-0.3, -0.25) is 4.79 Å². The number of hydrogen-bond donors (Lipinski definition) is 2. The largest absolute Gasteiger partial charge is 1.00 e. The SMILES string of the molecule is CCCCNc1cccc(NC(=O)C(=O)[O-])c1C#N.[Na+]. The Morgan fingerprint density at radius 2 is 2.00 bits per heavy atom. The molecule has 0 aromatic heterocycles. The molecule has 100 valence electrons. The molecule has 0 saturated heterocycles. The molecule has 1 rings (SSSR count). The minimum Gasteiger partial charge on any atom is -0.540 e. The molecule has 6 nitrogen and oxygen atoms in total. The zero-order chi connectivity index (χ0) is 14.3. The fourth-order valence-corrected chi connectivity index (χ4v) is 1.50. The van der Waals surface area contributed by atoms with Crippen LogP contribution in [0.5, 0.6) is 0 Å². The van der Waals surface area contributed by atoms with Crippen molar-refractivity contribution < 1.29 is 44.3 Å². The molecule has 0 aliphatic heterocycles. The Kier molecular flexibility index (Phi) is 8.64. The van der Waals surface area contributed by atoms with Crippen molar-refractivity contribution in [2.75, 3.05) is 17.2 Å². The zero-order valence-electron chi connectivity index (χ0n) is 11.5. The van der Waals surface area contributed by atoms with Gasteiger partial charge in [0.15, 0.2) is 0 Å². The third-order valence-electron chi connectivity index (χ3n) is 2.46. The Morgan fingerprint density at radius 1 is 1.35 bits per heavy atom. The summed E-state index contributed by atoms with van der Waals surface area (Å²) in [5, 5.41) is 24.7. The topological polar surface area (TPSA) is 105 Å². The number of amides is 1. The van der Waals surface area contributed by atoms with Crippen molar-refractivity contribution in [3.63, 3.8) is 0 Å². The van der Waals surface area contributed by atoms with Crippen LogP contribution in [-0.4, -0.2) is 18.4 Å². The number of unbranched alkanes of at least 4 members (excludes halogenated alkanes) is 1. The summed E-state index contributed by atoms with van der Waals surface area (Å²) in [5.41, 5.74) is 0.915. The fraction of sp³-hybridized carbons (Fsp3) is 0.308. The van der Waals surface area contributed by atoms with Crippen molar-refractivity contribution in [2.24, 2.45) is 0 Å². The van der Waals surface area contributed by atoms with Gasteiger partial charge in [0.1, 0.15) is 12.0 Å². The maximum absolute atomic E-state index is 11.0. The fourth-order valence-electron chi connectivity index (χ4n) is 1.50. The number of nitriles is 1. The van der Waals surface area contributed by atoms with Gasteiger partial charge in [0.2, 0.25) is 0 Å². The first-order valence-corrected chi connectivity index (χ1v) is 5.89. The molecule has 0 bridgehead atoms. The molecule has 1 aromatic carbocycles. The molecule has 1 amide bonds. The van der Waals surface area contributed by atoms with Crippen LogP contribution in [0.4, 0.5) is 11.4 Å². The first kappa shape index (κ1) is 18.4. The molecule has 0 aliphatic rings. The average Bonchev–Trinajstić information content (AvgIpc) is 2.39. The van der Waals surface area contributed by atoms with Gasteiger partial charge in [-0.25, -0.2) is 0 Å². The van der Waals surface area contributed by atoms with Crippen molar-refractivity contribution >= 4 is 23.3 Å². The molecule has 0 spiro atoms. The summed E-state index contributed by atoms with van der Waals surface area (Å²) < 4.78 is 0. The molecule has 0 heterocycles. The molecular formula is C13H14N3NaO3. The normalized spacial score (nSPS) is 9.00. The van der Waals surface area contributed by atoms with E-state index in [1.807, 2.05) is 13.0 Å². The minimum atomic E-state index is -1.84. The second-order valence-electron chi connectivity index (χ2n) is 3.86. The second kappa shape index (κ2) is 9.37. The van der Waals surface area contributed by atoms with E-state index in [2.05, 4.69) is 10.6 Å². The third kappa shape index (κ3) is 5.21. The van der Waals surface area contributed by atoms with Crippen molar-refractivity contribution in [3.8, 4) is 6.07 Å². The van der Waals surface area contributed by atoms with Gasteiger partial charge < -0.3 is 20.5 Å².